The molecule has 8 nitrogen and oxygen atoms in total. The van der Waals surface area contributed by atoms with E-state index in [0.717, 1.165) is 27.9 Å². The standard InChI is InChI=1S/C35H35N3O5S/c1-3-43-27-14-12-25(13-15-27)36-18-6-16-34(2)28(31(36)40)29-32(41)38(20-21-39)30-33(42)37(19-7-17-35(29,30)44-34)26-11-10-23-8-4-5-9-24(23)22-26/h4-17,22,28-30,39H,3,18-21H2,1-2H3/t28-,29-,30?,34+,35-/m0/s1. The van der Waals surface area contributed by atoms with Gasteiger partial charge in [0.1, 0.15) is 11.8 Å². The molecule has 1 N–H and O–H groups in total. The molecule has 2 fully saturated rings. The van der Waals surface area contributed by atoms with E-state index in [1.807, 2.05) is 105 Å². The van der Waals surface area contributed by atoms with Crippen molar-refractivity contribution >= 4 is 51.6 Å². The van der Waals surface area contributed by atoms with E-state index in [9.17, 15) is 19.5 Å². The maximum Gasteiger partial charge on any atom is 0.251 e. The summed E-state index contributed by atoms with van der Waals surface area (Å²) in [5.41, 5.74) is 1.47. The van der Waals surface area contributed by atoms with Gasteiger partial charge in [0.2, 0.25) is 11.8 Å². The van der Waals surface area contributed by atoms with Gasteiger partial charge >= 0.3 is 0 Å². The number of benzene rings is 3. The van der Waals surface area contributed by atoms with E-state index in [1.165, 1.54) is 16.7 Å². The van der Waals surface area contributed by atoms with Gasteiger partial charge in [-0.2, -0.15) is 0 Å². The average molecular weight is 610 g/mol. The smallest absolute Gasteiger partial charge is 0.251 e. The maximum atomic E-state index is 14.6. The minimum Gasteiger partial charge on any atom is -0.494 e. The largest absolute Gasteiger partial charge is 0.494 e. The van der Waals surface area contributed by atoms with E-state index in [2.05, 4.69) is 0 Å². The molecule has 3 amide bonds. The summed E-state index contributed by atoms with van der Waals surface area (Å²) >= 11 is 1.54. The number of aliphatic hydroxyl groups excluding tert-OH is 1. The molecule has 44 heavy (non-hydrogen) atoms. The third-order valence-electron chi connectivity index (χ3n) is 9.40. The Bertz CT molecular complexity index is 1710. The lowest BCUT2D eigenvalue weighted by Gasteiger charge is -2.36. The minimum absolute atomic E-state index is 0.0174. The van der Waals surface area contributed by atoms with Crippen LogP contribution >= 0.6 is 11.8 Å². The number of likely N-dealkylation sites (tertiary alicyclic amines) is 1. The molecule has 226 valence electrons. The van der Waals surface area contributed by atoms with E-state index in [4.69, 9.17) is 4.74 Å². The van der Waals surface area contributed by atoms with Crippen LogP contribution < -0.4 is 14.5 Å². The molecular formula is C35H35N3O5S. The van der Waals surface area contributed by atoms with Gasteiger partial charge in [-0.1, -0.05) is 54.6 Å². The van der Waals surface area contributed by atoms with Crippen molar-refractivity contribution in [1.29, 1.82) is 0 Å². The highest BCUT2D eigenvalue weighted by molar-refractivity contribution is 8.02. The number of nitrogens with zero attached hydrogens (tertiary/aromatic N) is 3. The number of anilines is 2. The van der Waals surface area contributed by atoms with E-state index in [-0.39, 0.29) is 30.9 Å². The topological polar surface area (TPSA) is 90.4 Å². The first-order chi connectivity index (χ1) is 21.3. The fourth-order valence-electron chi connectivity index (χ4n) is 7.57. The molecule has 5 atom stereocenters. The summed E-state index contributed by atoms with van der Waals surface area (Å²) in [5, 5.41) is 12.1. The average Bonchev–Trinajstić information content (AvgIpc) is 3.28. The normalized spacial score (nSPS) is 29.5. The van der Waals surface area contributed by atoms with Gasteiger partial charge in [-0.25, -0.2) is 0 Å². The number of β-amino-alcohol motifs (C(OH)–C–C–N with tert-alkyl or cyclic N) is 1. The predicted molar refractivity (Wildman–Crippen MR) is 173 cm³/mol. The summed E-state index contributed by atoms with van der Waals surface area (Å²) in [6.45, 7) is 4.93. The van der Waals surface area contributed by atoms with Crippen molar-refractivity contribution in [3.8, 4) is 5.75 Å². The quantitative estimate of drug-likeness (QED) is 0.416. The molecule has 9 heteroatoms. The van der Waals surface area contributed by atoms with Gasteiger partial charge < -0.3 is 24.5 Å². The molecule has 0 bridgehead atoms. The minimum atomic E-state index is -0.976. The van der Waals surface area contributed by atoms with Gasteiger partial charge in [0.25, 0.3) is 5.91 Å². The van der Waals surface area contributed by atoms with E-state index >= 15 is 0 Å². The molecule has 0 saturated carbocycles. The second kappa shape index (κ2) is 10.8. The highest BCUT2D eigenvalue weighted by Crippen LogP contribution is 2.65. The second-order valence-electron chi connectivity index (χ2n) is 11.9. The van der Waals surface area contributed by atoms with E-state index in [1.54, 1.807) is 9.80 Å². The van der Waals surface area contributed by atoms with Crippen LogP contribution in [-0.2, 0) is 14.4 Å². The van der Waals surface area contributed by atoms with E-state index < -0.39 is 27.4 Å². The van der Waals surface area contributed by atoms with Crippen LogP contribution in [-0.4, -0.2) is 76.1 Å². The number of aliphatic hydroxyl groups is 1. The molecule has 4 aliphatic heterocycles. The summed E-state index contributed by atoms with van der Waals surface area (Å²) in [7, 11) is 0. The van der Waals surface area contributed by atoms with Crippen molar-refractivity contribution < 1.29 is 24.2 Å². The van der Waals surface area contributed by atoms with Gasteiger partial charge in [-0.3, -0.25) is 14.4 Å². The van der Waals surface area contributed by atoms with Crippen molar-refractivity contribution in [1.82, 2.24) is 4.90 Å². The molecule has 4 heterocycles. The van der Waals surface area contributed by atoms with Gasteiger partial charge in [-0.05, 0) is 61.0 Å². The Kier molecular flexibility index (Phi) is 7.05. The molecular weight excluding hydrogens is 574 g/mol. The molecule has 0 aliphatic carbocycles. The number of ether oxygens (including phenoxy) is 1. The van der Waals surface area contributed by atoms with Crippen LogP contribution in [0.3, 0.4) is 0 Å². The number of carbonyl (C=O) groups is 3. The SMILES string of the molecule is CCOc1ccc(N2CC=C[C@@]3(C)S[C@]45C=CCN(c6ccc7ccccc7c6)C(=O)C4N(CCO)C(=O)[C@@H]5[C@H]3C2=O)cc1. The predicted octanol–water partition coefficient (Wildman–Crippen LogP) is 4.42. The van der Waals surface area contributed by atoms with Crippen LogP contribution in [0.1, 0.15) is 13.8 Å². The lowest BCUT2D eigenvalue weighted by atomic mass is 9.74. The molecule has 2 saturated heterocycles. The number of carbonyl (C=O) groups excluding carboxylic acids is 3. The van der Waals surface area contributed by atoms with Crippen molar-refractivity contribution in [2.45, 2.75) is 29.4 Å². The van der Waals surface area contributed by atoms with Crippen molar-refractivity contribution in [3.63, 3.8) is 0 Å². The zero-order valence-electron chi connectivity index (χ0n) is 24.8. The molecule has 0 radical (unpaired) electrons. The van der Waals surface area contributed by atoms with Crippen molar-refractivity contribution in [2.75, 3.05) is 42.6 Å². The maximum absolute atomic E-state index is 14.6. The monoisotopic (exact) mass is 609 g/mol. The second-order valence-corrected chi connectivity index (χ2v) is 13.7. The summed E-state index contributed by atoms with van der Waals surface area (Å²) in [5.74, 6) is -1.38. The molecule has 1 spiro atoms. The first-order valence-corrected chi connectivity index (χ1v) is 15.9. The first-order valence-electron chi connectivity index (χ1n) is 15.1. The summed E-state index contributed by atoms with van der Waals surface area (Å²) in [4.78, 5) is 48.6. The lowest BCUT2D eigenvalue weighted by molar-refractivity contribution is -0.139. The number of thioether (sulfide) groups is 1. The Labute approximate surface area is 260 Å². The Morgan fingerprint density at radius 3 is 2.25 bits per heavy atom. The molecule has 4 aliphatic rings. The van der Waals surface area contributed by atoms with Crippen molar-refractivity contribution in [2.24, 2.45) is 11.8 Å². The zero-order chi connectivity index (χ0) is 30.6. The highest BCUT2D eigenvalue weighted by Gasteiger charge is 2.74. The van der Waals surface area contributed by atoms with E-state index in [0.29, 0.717) is 19.7 Å². The molecule has 7 rings (SSSR count). The summed E-state index contributed by atoms with van der Waals surface area (Å²) in [6, 6.07) is 20.5. The third-order valence-corrected chi connectivity index (χ3v) is 11.2. The Morgan fingerprint density at radius 2 is 1.52 bits per heavy atom. The van der Waals surface area contributed by atoms with Crippen molar-refractivity contribution in [3.05, 3.63) is 91.0 Å². The molecule has 3 aromatic rings. The molecule has 0 aromatic heterocycles. The van der Waals surface area contributed by atoms with Gasteiger partial charge in [0, 0.05) is 35.8 Å². The first kappa shape index (κ1) is 28.7. The fourth-order valence-corrected chi connectivity index (χ4v) is 9.72. The van der Waals surface area contributed by atoms with Gasteiger partial charge in [0.15, 0.2) is 0 Å². The van der Waals surface area contributed by atoms with Crippen LogP contribution in [0.15, 0.2) is 91.0 Å². The molecule has 3 aromatic carbocycles. The number of rotatable bonds is 6. The van der Waals surface area contributed by atoms with Crippen LogP contribution in [0.4, 0.5) is 11.4 Å². The van der Waals surface area contributed by atoms with Gasteiger partial charge in [0.05, 0.1) is 29.8 Å². The molecule has 1 unspecified atom stereocenters. The fraction of sp³-hybridized carbons (Fsp3) is 0.343. The Morgan fingerprint density at radius 1 is 0.841 bits per heavy atom. The lowest BCUT2D eigenvalue weighted by Crippen LogP contribution is -2.54. The number of amides is 3. The zero-order valence-corrected chi connectivity index (χ0v) is 25.6. The van der Waals surface area contributed by atoms with Crippen LogP contribution in [0.2, 0.25) is 0 Å². The number of hydrogen-bond acceptors (Lipinski definition) is 6. The Hall–Kier alpha value is -4.08. The highest BCUT2D eigenvalue weighted by atomic mass is 32.2. The summed E-state index contributed by atoms with van der Waals surface area (Å²) in [6.07, 6.45) is 8.01. The van der Waals surface area contributed by atoms with Crippen LogP contribution in [0.25, 0.3) is 10.8 Å². The number of hydrogen-bond donors (Lipinski definition) is 1. The van der Waals surface area contributed by atoms with Crippen LogP contribution in [0, 0.1) is 11.8 Å². The van der Waals surface area contributed by atoms with Crippen LogP contribution in [0.5, 0.6) is 5.75 Å². The summed E-state index contributed by atoms with van der Waals surface area (Å²) < 4.78 is 3.90. The third kappa shape index (κ3) is 4.28. The number of fused-ring (bicyclic) bond motifs is 3. The van der Waals surface area contributed by atoms with Gasteiger partial charge in [-0.15, -0.1) is 11.8 Å². The Balaban J connectivity index is 1.29.